The van der Waals surface area contributed by atoms with Crippen molar-refractivity contribution < 1.29 is 9.90 Å². The summed E-state index contributed by atoms with van der Waals surface area (Å²) in [4.78, 5) is 12.4. The molecule has 0 amide bonds. The van der Waals surface area contributed by atoms with E-state index in [0.29, 0.717) is 18.1 Å². The van der Waals surface area contributed by atoms with E-state index in [4.69, 9.17) is 0 Å². The number of allylic oxidation sites excluding steroid dienone is 2. The van der Waals surface area contributed by atoms with Crippen LogP contribution in [-0.4, -0.2) is 17.0 Å². The normalized spacial score (nSPS) is 47.2. The molecule has 0 bridgehead atoms. The number of carbonyl (C=O) groups excluding carboxylic acids is 1. The maximum absolute atomic E-state index is 12.4. The van der Waals surface area contributed by atoms with Crippen molar-refractivity contribution in [2.24, 2.45) is 28.1 Å². The summed E-state index contributed by atoms with van der Waals surface area (Å²) in [5.74, 6) is 1.00. The fourth-order valence-electron chi connectivity index (χ4n) is 5.89. The van der Waals surface area contributed by atoms with Crippen LogP contribution in [0.5, 0.6) is 0 Å². The van der Waals surface area contributed by atoms with Gasteiger partial charge in [-0.1, -0.05) is 45.4 Å². The zero-order valence-corrected chi connectivity index (χ0v) is 14.5. The average molecular weight is 302 g/mol. The lowest BCUT2D eigenvalue weighted by molar-refractivity contribution is -0.150. The second-order valence-corrected chi connectivity index (χ2v) is 8.92. The van der Waals surface area contributed by atoms with Gasteiger partial charge in [0.25, 0.3) is 0 Å². The molecule has 2 fully saturated rings. The second kappa shape index (κ2) is 4.80. The smallest absolute Gasteiger partial charge is 0.138 e. The van der Waals surface area contributed by atoms with Crippen LogP contribution in [0.15, 0.2) is 24.3 Å². The minimum atomic E-state index is -0.320. The van der Waals surface area contributed by atoms with Crippen LogP contribution < -0.4 is 0 Å². The molecule has 0 heterocycles. The van der Waals surface area contributed by atoms with Crippen LogP contribution in [0.25, 0.3) is 0 Å². The SMILES string of the molecule is C=C[C@]1(C)C=C2CC[C@H]3C(C)(C)C(=O)CC[C@]3(C)[C@H]2[C@H](O)C1. The van der Waals surface area contributed by atoms with Gasteiger partial charge in [0.2, 0.25) is 0 Å². The van der Waals surface area contributed by atoms with E-state index in [1.807, 2.05) is 6.08 Å². The molecule has 3 aliphatic carbocycles. The first kappa shape index (κ1) is 16.0. The summed E-state index contributed by atoms with van der Waals surface area (Å²) in [5.41, 5.74) is 1.11. The molecule has 22 heavy (non-hydrogen) atoms. The first-order valence-corrected chi connectivity index (χ1v) is 8.71. The van der Waals surface area contributed by atoms with Crippen LogP contribution in [0.3, 0.4) is 0 Å². The van der Waals surface area contributed by atoms with Crippen LogP contribution in [0.1, 0.15) is 59.8 Å². The summed E-state index contributed by atoms with van der Waals surface area (Å²) in [5, 5.41) is 10.9. The summed E-state index contributed by atoms with van der Waals surface area (Å²) < 4.78 is 0. The van der Waals surface area contributed by atoms with Crippen molar-refractivity contribution in [3.8, 4) is 0 Å². The molecule has 0 saturated heterocycles. The highest BCUT2D eigenvalue weighted by atomic mass is 16.3. The van der Waals surface area contributed by atoms with Crippen LogP contribution in [0, 0.1) is 28.1 Å². The quantitative estimate of drug-likeness (QED) is 0.734. The van der Waals surface area contributed by atoms with Crippen molar-refractivity contribution in [3.63, 3.8) is 0 Å². The van der Waals surface area contributed by atoms with Crippen molar-refractivity contribution in [3.05, 3.63) is 24.3 Å². The molecule has 2 nitrogen and oxygen atoms in total. The number of Topliss-reactive ketones (excluding diaryl/α,β-unsaturated/α-hetero) is 1. The van der Waals surface area contributed by atoms with E-state index >= 15 is 0 Å². The monoisotopic (exact) mass is 302 g/mol. The Morgan fingerprint density at radius 3 is 2.59 bits per heavy atom. The third-order valence-corrected chi connectivity index (χ3v) is 7.12. The Bertz CT molecular complexity index is 544. The van der Waals surface area contributed by atoms with Gasteiger partial charge in [-0.2, -0.15) is 0 Å². The summed E-state index contributed by atoms with van der Waals surface area (Å²) >= 11 is 0. The van der Waals surface area contributed by atoms with Crippen molar-refractivity contribution in [1.29, 1.82) is 0 Å². The Hall–Kier alpha value is -0.890. The Morgan fingerprint density at radius 1 is 1.27 bits per heavy atom. The molecule has 0 aliphatic heterocycles. The lowest BCUT2D eigenvalue weighted by Gasteiger charge is -2.59. The molecule has 0 radical (unpaired) electrons. The maximum atomic E-state index is 12.4. The molecule has 122 valence electrons. The molecule has 2 heteroatoms. The topological polar surface area (TPSA) is 37.3 Å². The van der Waals surface area contributed by atoms with E-state index in [1.54, 1.807) is 0 Å². The molecule has 0 unspecified atom stereocenters. The fraction of sp³-hybridized carbons (Fsp3) is 0.750. The van der Waals surface area contributed by atoms with Crippen LogP contribution in [0.4, 0.5) is 0 Å². The molecule has 0 spiro atoms. The number of aliphatic hydroxyl groups excluding tert-OH is 1. The number of aliphatic hydroxyl groups is 1. The molecule has 3 aliphatic rings. The number of hydrogen-bond acceptors (Lipinski definition) is 2. The van der Waals surface area contributed by atoms with Gasteiger partial charge in [-0.25, -0.2) is 0 Å². The lowest BCUT2D eigenvalue weighted by Crippen LogP contribution is -2.57. The van der Waals surface area contributed by atoms with Gasteiger partial charge in [0.15, 0.2) is 0 Å². The Balaban J connectivity index is 2.05. The summed E-state index contributed by atoms with van der Waals surface area (Å²) in [6, 6.07) is 0. The highest BCUT2D eigenvalue weighted by Crippen LogP contribution is 2.62. The van der Waals surface area contributed by atoms with Gasteiger partial charge in [0, 0.05) is 23.2 Å². The highest BCUT2D eigenvalue weighted by Gasteiger charge is 2.59. The van der Waals surface area contributed by atoms with Crippen LogP contribution in [0.2, 0.25) is 0 Å². The van der Waals surface area contributed by atoms with Gasteiger partial charge < -0.3 is 5.11 Å². The predicted octanol–water partition coefficient (Wildman–Crippen LogP) is 4.29. The van der Waals surface area contributed by atoms with Crippen molar-refractivity contribution >= 4 is 5.78 Å². The predicted molar refractivity (Wildman–Crippen MR) is 89.4 cm³/mol. The average Bonchev–Trinajstić information content (AvgIpc) is 2.42. The second-order valence-electron chi connectivity index (χ2n) is 8.92. The summed E-state index contributed by atoms with van der Waals surface area (Å²) in [7, 11) is 0. The van der Waals surface area contributed by atoms with Gasteiger partial charge in [0.05, 0.1) is 6.10 Å². The van der Waals surface area contributed by atoms with Gasteiger partial charge in [-0.3, -0.25) is 4.79 Å². The molecule has 3 rings (SSSR count). The molecular formula is C20H30O2. The minimum Gasteiger partial charge on any atom is -0.392 e. The Kier molecular flexibility index (Phi) is 3.49. The van der Waals surface area contributed by atoms with Gasteiger partial charge in [0.1, 0.15) is 5.78 Å². The highest BCUT2D eigenvalue weighted by molar-refractivity contribution is 5.85. The number of fused-ring (bicyclic) bond motifs is 3. The number of ketones is 1. The van der Waals surface area contributed by atoms with E-state index in [9.17, 15) is 9.90 Å². The molecule has 5 atom stereocenters. The van der Waals surface area contributed by atoms with Gasteiger partial charge in [-0.05, 0) is 37.0 Å². The van der Waals surface area contributed by atoms with Crippen LogP contribution in [-0.2, 0) is 4.79 Å². The van der Waals surface area contributed by atoms with Gasteiger partial charge in [-0.15, -0.1) is 6.58 Å². The zero-order valence-electron chi connectivity index (χ0n) is 14.5. The van der Waals surface area contributed by atoms with E-state index in [0.717, 1.165) is 25.7 Å². The summed E-state index contributed by atoms with van der Waals surface area (Å²) in [6.07, 6.45) is 8.43. The molecule has 2 saturated carbocycles. The molecule has 0 aromatic carbocycles. The largest absolute Gasteiger partial charge is 0.392 e. The van der Waals surface area contributed by atoms with Crippen LogP contribution >= 0.6 is 0 Å². The fourth-order valence-corrected chi connectivity index (χ4v) is 5.89. The molecule has 0 aromatic heterocycles. The Labute approximate surface area is 134 Å². The molecular weight excluding hydrogens is 272 g/mol. The first-order valence-electron chi connectivity index (χ1n) is 8.71. The zero-order chi connectivity index (χ0) is 16.3. The van der Waals surface area contributed by atoms with Gasteiger partial charge >= 0.3 is 0 Å². The van der Waals surface area contributed by atoms with E-state index in [1.165, 1.54) is 5.57 Å². The maximum Gasteiger partial charge on any atom is 0.138 e. The number of carbonyl (C=O) groups is 1. The standard InChI is InChI=1S/C20H30O2/c1-6-19(4)11-13-7-8-15-18(2,3)16(22)9-10-20(15,5)17(13)14(21)12-19/h6,11,14-15,17,21H,1,7-10,12H2,2-5H3/t14-,15+,17-,19-,20+/m1/s1. The Morgan fingerprint density at radius 2 is 1.95 bits per heavy atom. The lowest BCUT2D eigenvalue weighted by atomic mass is 9.45. The minimum absolute atomic E-state index is 0.0450. The number of hydrogen-bond donors (Lipinski definition) is 1. The van der Waals surface area contributed by atoms with Crippen molar-refractivity contribution in [2.75, 3.05) is 0 Å². The summed E-state index contributed by atoms with van der Waals surface area (Å²) in [6.45, 7) is 12.7. The van der Waals surface area contributed by atoms with E-state index in [-0.39, 0.29) is 28.3 Å². The first-order chi connectivity index (χ1) is 10.1. The van der Waals surface area contributed by atoms with E-state index < -0.39 is 0 Å². The van der Waals surface area contributed by atoms with E-state index in [2.05, 4.69) is 40.3 Å². The third kappa shape index (κ3) is 2.06. The third-order valence-electron chi connectivity index (χ3n) is 7.12. The number of rotatable bonds is 1. The molecule has 1 N–H and O–H groups in total. The van der Waals surface area contributed by atoms with Crippen molar-refractivity contribution in [2.45, 2.75) is 65.9 Å². The molecule has 0 aromatic rings. The van der Waals surface area contributed by atoms with Crippen molar-refractivity contribution in [1.82, 2.24) is 0 Å².